The lowest BCUT2D eigenvalue weighted by molar-refractivity contribution is 0.421. The molecule has 1 rings (SSSR count). The van der Waals surface area contributed by atoms with Crippen molar-refractivity contribution in [1.29, 1.82) is 0 Å². The van der Waals surface area contributed by atoms with Crippen LogP contribution in [0.1, 0.15) is 25.1 Å². The van der Waals surface area contributed by atoms with Crippen LogP contribution in [-0.4, -0.2) is 39.9 Å². The normalized spacial score (nSPS) is 14.0. The van der Waals surface area contributed by atoms with E-state index in [2.05, 4.69) is 10.0 Å². The van der Waals surface area contributed by atoms with E-state index in [4.69, 9.17) is 4.42 Å². The highest BCUT2D eigenvalue weighted by molar-refractivity contribution is 7.87. The van der Waals surface area contributed by atoms with Gasteiger partial charge in [-0.1, -0.05) is 0 Å². The molecule has 6 nitrogen and oxygen atoms in total. The van der Waals surface area contributed by atoms with Crippen LogP contribution in [0.5, 0.6) is 0 Å². The predicted molar refractivity (Wildman–Crippen MR) is 70.4 cm³/mol. The van der Waals surface area contributed by atoms with Crippen LogP contribution in [0.25, 0.3) is 0 Å². The minimum absolute atomic E-state index is 0.378. The van der Waals surface area contributed by atoms with Gasteiger partial charge in [0.2, 0.25) is 0 Å². The Hall–Kier alpha value is -0.890. The SMILES string of the molecule is CNCCCN(C)S(=O)(=O)NC(C)c1ccco1. The second kappa shape index (κ2) is 6.89. The molecular formula is C11H21N3O3S. The van der Waals surface area contributed by atoms with Crippen LogP contribution in [0.4, 0.5) is 0 Å². The van der Waals surface area contributed by atoms with Crippen LogP contribution in [-0.2, 0) is 10.2 Å². The fourth-order valence-corrected chi connectivity index (χ4v) is 2.62. The van der Waals surface area contributed by atoms with E-state index in [-0.39, 0.29) is 6.04 Å². The molecule has 7 heteroatoms. The van der Waals surface area contributed by atoms with Gasteiger partial charge in [0.25, 0.3) is 10.2 Å². The molecule has 1 aromatic heterocycles. The van der Waals surface area contributed by atoms with Crippen molar-refractivity contribution >= 4 is 10.2 Å². The fraction of sp³-hybridized carbons (Fsp3) is 0.636. The molecule has 0 bridgehead atoms. The van der Waals surface area contributed by atoms with Crippen LogP contribution in [0, 0.1) is 0 Å². The van der Waals surface area contributed by atoms with Gasteiger partial charge < -0.3 is 9.73 Å². The molecule has 0 aliphatic heterocycles. The molecule has 0 aromatic carbocycles. The van der Waals surface area contributed by atoms with E-state index in [9.17, 15) is 8.42 Å². The number of nitrogens with zero attached hydrogens (tertiary/aromatic N) is 1. The zero-order valence-corrected chi connectivity index (χ0v) is 11.8. The Balaban J connectivity index is 2.53. The highest BCUT2D eigenvalue weighted by Crippen LogP contribution is 2.14. The van der Waals surface area contributed by atoms with Gasteiger partial charge >= 0.3 is 0 Å². The summed E-state index contributed by atoms with van der Waals surface area (Å²) in [6.07, 6.45) is 2.29. The third-order valence-corrected chi connectivity index (χ3v) is 4.26. The predicted octanol–water partition coefficient (Wildman–Crippen LogP) is 0.716. The van der Waals surface area contributed by atoms with Crippen LogP contribution < -0.4 is 10.0 Å². The van der Waals surface area contributed by atoms with E-state index in [1.165, 1.54) is 10.6 Å². The van der Waals surface area contributed by atoms with Gasteiger partial charge in [-0.25, -0.2) is 0 Å². The van der Waals surface area contributed by atoms with Crippen LogP contribution in [0.3, 0.4) is 0 Å². The third-order valence-electron chi connectivity index (χ3n) is 2.61. The molecule has 0 saturated carbocycles. The highest BCUT2D eigenvalue weighted by atomic mass is 32.2. The van der Waals surface area contributed by atoms with Crippen molar-refractivity contribution in [2.75, 3.05) is 27.2 Å². The fourth-order valence-electron chi connectivity index (χ4n) is 1.51. The molecule has 1 aromatic rings. The molecule has 0 aliphatic carbocycles. The van der Waals surface area contributed by atoms with E-state index in [0.29, 0.717) is 12.3 Å². The van der Waals surface area contributed by atoms with Crippen molar-refractivity contribution in [2.24, 2.45) is 0 Å². The molecular weight excluding hydrogens is 254 g/mol. The topological polar surface area (TPSA) is 74.6 Å². The molecule has 0 amide bonds. The summed E-state index contributed by atoms with van der Waals surface area (Å²) in [5.41, 5.74) is 0. The first-order valence-corrected chi connectivity index (χ1v) is 7.33. The maximum Gasteiger partial charge on any atom is 0.279 e. The Bertz CT molecular complexity index is 430. The first-order chi connectivity index (χ1) is 8.47. The van der Waals surface area contributed by atoms with E-state index in [1.807, 2.05) is 7.05 Å². The molecule has 0 saturated heterocycles. The summed E-state index contributed by atoms with van der Waals surface area (Å²) in [6.45, 7) is 3.01. The van der Waals surface area contributed by atoms with E-state index in [0.717, 1.165) is 13.0 Å². The van der Waals surface area contributed by atoms with Crippen LogP contribution >= 0.6 is 0 Å². The van der Waals surface area contributed by atoms with Gasteiger partial charge in [-0.2, -0.15) is 17.4 Å². The first kappa shape index (κ1) is 15.2. The molecule has 0 spiro atoms. The van der Waals surface area contributed by atoms with Gasteiger partial charge in [-0.05, 0) is 39.1 Å². The lowest BCUT2D eigenvalue weighted by atomic mass is 10.3. The zero-order chi connectivity index (χ0) is 13.6. The minimum atomic E-state index is -3.47. The zero-order valence-electron chi connectivity index (χ0n) is 11.0. The average molecular weight is 275 g/mol. The Morgan fingerprint density at radius 1 is 1.50 bits per heavy atom. The van der Waals surface area contributed by atoms with Crippen molar-refractivity contribution in [3.05, 3.63) is 24.2 Å². The number of nitrogens with one attached hydrogen (secondary N) is 2. The Morgan fingerprint density at radius 3 is 2.78 bits per heavy atom. The summed E-state index contributed by atoms with van der Waals surface area (Å²) in [6, 6.07) is 3.10. The third kappa shape index (κ3) is 4.41. The monoisotopic (exact) mass is 275 g/mol. The summed E-state index contributed by atoms with van der Waals surface area (Å²) in [5.74, 6) is 0.599. The Labute approximate surface area is 109 Å². The van der Waals surface area contributed by atoms with Gasteiger partial charge in [0.05, 0.1) is 12.3 Å². The Morgan fingerprint density at radius 2 is 2.22 bits per heavy atom. The van der Waals surface area contributed by atoms with Crippen molar-refractivity contribution in [3.63, 3.8) is 0 Å². The van der Waals surface area contributed by atoms with Gasteiger partial charge in [0.15, 0.2) is 0 Å². The Kier molecular flexibility index (Phi) is 5.80. The molecule has 1 unspecified atom stereocenters. The van der Waals surface area contributed by atoms with Gasteiger partial charge in [0.1, 0.15) is 5.76 Å². The molecule has 0 fully saturated rings. The largest absolute Gasteiger partial charge is 0.468 e. The molecule has 1 atom stereocenters. The smallest absolute Gasteiger partial charge is 0.279 e. The second-order valence-electron chi connectivity index (χ2n) is 4.14. The van der Waals surface area contributed by atoms with Crippen molar-refractivity contribution in [2.45, 2.75) is 19.4 Å². The summed E-state index contributed by atoms with van der Waals surface area (Å²) < 4.78 is 33.0. The standard InChI is InChI=1S/C11H21N3O3S/c1-10(11-6-4-9-17-11)13-18(15,16)14(3)8-5-7-12-2/h4,6,9-10,12-13H,5,7-8H2,1-3H3. The quantitative estimate of drug-likeness (QED) is 0.685. The van der Waals surface area contributed by atoms with Crippen molar-refractivity contribution < 1.29 is 12.8 Å². The van der Waals surface area contributed by atoms with Crippen LogP contribution in [0.2, 0.25) is 0 Å². The average Bonchev–Trinajstić information content (AvgIpc) is 2.82. The van der Waals surface area contributed by atoms with Crippen LogP contribution in [0.15, 0.2) is 22.8 Å². The lowest BCUT2D eigenvalue weighted by Crippen LogP contribution is -2.40. The highest BCUT2D eigenvalue weighted by Gasteiger charge is 2.21. The van der Waals surface area contributed by atoms with Gasteiger partial charge in [-0.3, -0.25) is 0 Å². The van der Waals surface area contributed by atoms with Crippen molar-refractivity contribution in [3.8, 4) is 0 Å². The van der Waals surface area contributed by atoms with Crippen molar-refractivity contribution in [1.82, 2.24) is 14.3 Å². The number of rotatable bonds is 8. The summed E-state index contributed by atoms with van der Waals surface area (Å²) in [5, 5.41) is 2.98. The minimum Gasteiger partial charge on any atom is -0.468 e. The maximum atomic E-state index is 12.0. The lowest BCUT2D eigenvalue weighted by Gasteiger charge is -2.20. The number of furan rings is 1. The van der Waals surface area contributed by atoms with E-state index in [1.54, 1.807) is 26.1 Å². The van der Waals surface area contributed by atoms with E-state index >= 15 is 0 Å². The second-order valence-corrected chi connectivity index (χ2v) is 5.95. The molecule has 18 heavy (non-hydrogen) atoms. The van der Waals surface area contributed by atoms with E-state index < -0.39 is 10.2 Å². The molecule has 0 aliphatic rings. The molecule has 0 radical (unpaired) electrons. The molecule has 104 valence electrons. The summed E-state index contributed by atoms with van der Waals surface area (Å²) >= 11 is 0. The maximum absolute atomic E-state index is 12.0. The molecule has 2 N–H and O–H groups in total. The summed E-state index contributed by atoms with van der Waals surface area (Å²) in [4.78, 5) is 0. The summed E-state index contributed by atoms with van der Waals surface area (Å²) in [7, 11) is -0.0691. The first-order valence-electron chi connectivity index (χ1n) is 5.89. The number of hydrogen-bond acceptors (Lipinski definition) is 4. The number of hydrogen-bond donors (Lipinski definition) is 2. The molecule has 1 heterocycles. The van der Waals surface area contributed by atoms with Gasteiger partial charge in [0, 0.05) is 13.6 Å². The van der Waals surface area contributed by atoms with Gasteiger partial charge in [-0.15, -0.1) is 0 Å².